The summed E-state index contributed by atoms with van der Waals surface area (Å²) in [5.74, 6) is 1.72. The second kappa shape index (κ2) is 6.88. The standard InChI is InChI=1S/C23H29N3/c1-23(2,3)19-10-8-17(9-11-19)16-26-14-12-18(13-15-26)22-24-20-6-4-5-7-21(20)25-22/h4-11,18H,12-16H2,1-3H3,(H,24,25). The van der Waals surface area contributed by atoms with Gasteiger partial charge < -0.3 is 4.98 Å². The Balaban J connectivity index is 1.36. The van der Waals surface area contributed by atoms with E-state index in [9.17, 15) is 0 Å². The lowest BCUT2D eigenvalue weighted by atomic mass is 9.86. The van der Waals surface area contributed by atoms with Gasteiger partial charge >= 0.3 is 0 Å². The van der Waals surface area contributed by atoms with Gasteiger partial charge in [-0.25, -0.2) is 4.98 Å². The van der Waals surface area contributed by atoms with Crippen molar-refractivity contribution in [1.82, 2.24) is 14.9 Å². The van der Waals surface area contributed by atoms with Crippen molar-refractivity contribution in [3.8, 4) is 0 Å². The van der Waals surface area contributed by atoms with Crippen LogP contribution in [-0.2, 0) is 12.0 Å². The lowest BCUT2D eigenvalue weighted by Gasteiger charge is -2.31. The van der Waals surface area contributed by atoms with E-state index in [1.807, 2.05) is 0 Å². The highest BCUT2D eigenvalue weighted by molar-refractivity contribution is 5.74. The van der Waals surface area contributed by atoms with Gasteiger partial charge in [0.2, 0.25) is 0 Å². The molecule has 0 radical (unpaired) electrons. The average molecular weight is 348 g/mol. The van der Waals surface area contributed by atoms with Gasteiger partial charge in [-0.1, -0.05) is 57.2 Å². The van der Waals surface area contributed by atoms with Crippen LogP contribution in [0.4, 0.5) is 0 Å². The van der Waals surface area contributed by atoms with E-state index in [2.05, 4.69) is 79.2 Å². The summed E-state index contributed by atoms with van der Waals surface area (Å²) >= 11 is 0. The minimum Gasteiger partial charge on any atom is -0.342 e. The molecule has 0 spiro atoms. The van der Waals surface area contributed by atoms with Gasteiger partial charge in [0.05, 0.1) is 11.0 Å². The molecule has 4 rings (SSSR count). The van der Waals surface area contributed by atoms with Crippen LogP contribution in [0.1, 0.15) is 56.5 Å². The van der Waals surface area contributed by atoms with Crippen molar-refractivity contribution < 1.29 is 0 Å². The molecule has 3 nitrogen and oxygen atoms in total. The maximum Gasteiger partial charge on any atom is 0.110 e. The zero-order valence-corrected chi connectivity index (χ0v) is 16.1. The molecule has 0 amide bonds. The van der Waals surface area contributed by atoms with Crippen molar-refractivity contribution in [1.29, 1.82) is 0 Å². The molecule has 2 aromatic carbocycles. The lowest BCUT2D eigenvalue weighted by Crippen LogP contribution is -2.32. The first-order chi connectivity index (χ1) is 12.5. The van der Waals surface area contributed by atoms with Crippen LogP contribution < -0.4 is 0 Å². The Hall–Kier alpha value is -2.13. The molecule has 0 aliphatic carbocycles. The summed E-state index contributed by atoms with van der Waals surface area (Å²) in [5.41, 5.74) is 5.29. The molecular weight excluding hydrogens is 318 g/mol. The van der Waals surface area contributed by atoms with Gasteiger partial charge in [0.1, 0.15) is 5.82 Å². The SMILES string of the molecule is CC(C)(C)c1ccc(CN2CCC(c3nc4ccccc4[nH]3)CC2)cc1. The van der Waals surface area contributed by atoms with E-state index >= 15 is 0 Å². The number of H-pyrrole nitrogens is 1. The maximum atomic E-state index is 4.80. The van der Waals surface area contributed by atoms with E-state index < -0.39 is 0 Å². The molecule has 1 saturated heterocycles. The quantitative estimate of drug-likeness (QED) is 0.702. The maximum absolute atomic E-state index is 4.80. The van der Waals surface area contributed by atoms with Crippen LogP contribution in [-0.4, -0.2) is 28.0 Å². The number of aromatic nitrogens is 2. The molecule has 1 aromatic heterocycles. The normalized spacial score (nSPS) is 17.0. The Kier molecular flexibility index (Phi) is 4.58. The van der Waals surface area contributed by atoms with E-state index in [4.69, 9.17) is 4.98 Å². The molecule has 1 fully saturated rings. The van der Waals surface area contributed by atoms with E-state index in [-0.39, 0.29) is 5.41 Å². The highest BCUT2D eigenvalue weighted by atomic mass is 15.1. The first kappa shape index (κ1) is 17.3. The summed E-state index contributed by atoms with van der Waals surface area (Å²) in [6.07, 6.45) is 2.36. The molecule has 0 unspecified atom stereocenters. The van der Waals surface area contributed by atoms with Crippen LogP contribution >= 0.6 is 0 Å². The van der Waals surface area contributed by atoms with Gasteiger partial charge in [-0.2, -0.15) is 0 Å². The first-order valence-corrected chi connectivity index (χ1v) is 9.75. The fourth-order valence-electron chi connectivity index (χ4n) is 3.90. The minimum atomic E-state index is 0.226. The molecule has 0 bridgehead atoms. The van der Waals surface area contributed by atoms with Crippen LogP contribution in [0.2, 0.25) is 0 Å². The number of imidazole rings is 1. The third-order valence-electron chi connectivity index (χ3n) is 5.61. The van der Waals surface area contributed by atoms with Gasteiger partial charge in [0, 0.05) is 12.5 Å². The summed E-state index contributed by atoms with van der Waals surface area (Å²) in [6, 6.07) is 17.5. The second-order valence-corrected chi connectivity index (χ2v) is 8.64. The second-order valence-electron chi connectivity index (χ2n) is 8.64. The monoisotopic (exact) mass is 347 g/mol. The number of para-hydroxylation sites is 2. The number of hydrogen-bond donors (Lipinski definition) is 1. The Labute approximate surface area is 156 Å². The van der Waals surface area contributed by atoms with Crippen LogP contribution in [0.3, 0.4) is 0 Å². The number of nitrogens with zero attached hydrogens (tertiary/aromatic N) is 2. The summed E-state index contributed by atoms with van der Waals surface area (Å²) in [7, 11) is 0. The molecule has 1 aliphatic heterocycles. The highest BCUT2D eigenvalue weighted by Gasteiger charge is 2.23. The smallest absolute Gasteiger partial charge is 0.110 e. The van der Waals surface area contributed by atoms with Crippen molar-refractivity contribution in [3.63, 3.8) is 0 Å². The van der Waals surface area contributed by atoms with Gasteiger partial charge in [-0.05, 0) is 54.6 Å². The molecule has 3 heteroatoms. The molecule has 2 heterocycles. The zero-order valence-electron chi connectivity index (χ0n) is 16.1. The number of aromatic amines is 1. The molecule has 26 heavy (non-hydrogen) atoms. The molecule has 136 valence electrons. The Bertz CT molecular complexity index is 829. The van der Waals surface area contributed by atoms with Gasteiger partial charge in [0.25, 0.3) is 0 Å². The Morgan fingerprint density at radius 2 is 1.69 bits per heavy atom. The van der Waals surface area contributed by atoms with Crippen LogP contribution in [0.5, 0.6) is 0 Å². The number of hydrogen-bond acceptors (Lipinski definition) is 2. The Morgan fingerprint density at radius 1 is 1.00 bits per heavy atom. The highest BCUT2D eigenvalue weighted by Crippen LogP contribution is 2.29. The summed E-state index contributed by atoms with van der Waals surface area (Å²) < 4.78 is 0. The predicted octanol–water partition coefficient (Wildman–Crippen LogP) is 5.24. The molecule has 3 aromatic rings. The zero-order chi connectivity index (χ0) is 18.1. The van der Waals surface area contributed by atoms with Crippen molar-refractivity contribution in [2.45, 2.75) is 51.5 Å². The lowest BCUT2D eigenvalue weighted by molar-refractivity contribution is 0.202. The van der Waals surface area contributed by atoms with E-state index in [1.165, 1.54) is 29.8 Å². The third-order valence-corrected chi connectivity index (χ3v) is 5.61. The van der Waals surface area contributed by atoms with Crippen molar-refractivity contribution >= 4 is 11.0 Å². The van der Waals surface area contributed by atoms with Crippen LogP contribution in [0, 0.1) is 0 Å². The number of rotatable bonds is 3. The van der Waals surface area contributed by atoms with Gasteiger partial charge in [0.15, 0.2) is 0 Å². The van der Waals surface area contributed by atoms with Crippen molar-refractivity contribution in [2.24, 2.45) is 0 Å². The summed E-state index contributed by atoms with van der Waals surface area (Å²) in [6.45, 7) is 10.1. The number of likely N-dealkylation sites (tertiary alicyclic amines) is 1. The number of benzene rings is 2. The number of fused-ring (bicyclic) bond motifs is 1. The summed E-state index contributed by atoms with van der Waals surface area (Å²) in [4.78, 5) is 10.9. The van der Waals surface area contributed by atoms with Gasteiger partial charge in [-0.15, -0.1) is 0 Å². The molecule has 0 atom stereocenters. The predicted molar refractivity (Wildman–Crippen MR) is 108 cm³/mol. The summed E-state index contributed by atoms with van der Waals surface area (Å²) in [5, 5.41) is 0. The topological polar surface area (TPSA) is 31.9 Å². The van der Waals surface area contributed by atoms with Crippen LogP contribution in [0.25, 0.3) is 11.0 Å². The molecule has 1 aliphatic rings. The largest absolute Gasteiger partial charge is 0.342 e. The number of piperidine rings is 1. The molecular formula is C23H29N3. The molecule has 1 N–H and O–H groups in total. The van der Waals surface area contributed by atoms with E-state index in [1.54, 1.807) is 0 Å². The third kappa shape index (κ3) is 3.68. The fraction of sp³-hybridized carbons (Fsp3) is 0.435. The fourth-order valence-corrected chi connectivity index (χ4v) is 3.90. The van der Waals surface area contributed by atoms with Crippen molar-refractivity contribution in [3.05, 3.63) is 65.5 Å². The van der Waals surface area contributed by atoms with Gasteiger partial charge in [-0.3, -0.25) is 4.90 Å². The first-order valence-electron chi connectivity index (χ1n) is 9.75. The van der Waals surface area contributed by atoms with E-state index in [0.29, 0.717) is 5.92 Å². The minimum absolute atomic E-state index is 0.226. The molecule has 0 saturated carbocycles. The average Bonchev–Trinajstić information content (AvgIpc) is 3.06. The number of nitrogens with one attached hydrogen (secondary N) is 1. The van der Waals surface area contributed by atoms with E-state index in [0.717, 1.165) is 30.7 Å². The van der Waals surface area contributed by atoms with Crippen LogP contribution in [0.15, 0.2) is 48.5 Å². The Morgan fingerprint density at radius 3 is 2.35 bits per heavy atom. The van der Waals surface area contributed by atoms with Crippen molar-refractivity contribution in [2.75, 3.05) is 13.1 Å².